The van der Waals surface area contributed by atoms with Gasteiger partial charge in [0, 0.05) is 63.7 Å². The molecule has 0 bridgehead atoms. The van der Waals surface area contributed by atoms with Crippen LogP contribution in [0, 0.1) is 5.82 Å². The average molecular weight is 426 g/mol. The number of nitrogens with zero attached hydrogens (tertiary/aromatic N) is 3. The molecule has 0 atom stereocenters. The minimum Gasteiger partial charge on any atom is -0.343 e. The van der Waals surface area contributed by atoms with Crippen molar-refractivity contribution in [3.05, 3.63) is 34.6 Å². The Bertz CT molecular complexity index is 672. The molecule has 0 radical (unpaired) electrons. The lowest BCUT2D eigenvalue weighted by Gasteiger charge is -2.35. The first-order chi connectivity index (χ1) is 13.9. The van der Waals surface area contributed by atoms with Gasteiger partial charge in [-0.3, -0.25) is 14.5 Å². The molecular weight excluding hydrogens is 393 g/mol. The fourth-order valence-electron chi connectivity index (χ4n) is 3.65. The fourth-order valence-corrected chi connectivity index (χ4v) is 3.88. The van der Waals surface area contributed by atoms with Crippen LogP contribution in [-0.4, -0.2) is 65.8 Å². The van der Waals surface area contributed by atoms with Crippen LogP contribution in [-0.2, 0) is 16.1 Å². The molecule has 1 aromatic carbocycles. The minimum absolute atomic E-state index is 0.120. The van der Waals surface area contributed by atoms with E-state index >= 15 is 0 Å². The van der Waals surface area contributed by atoms with E-state index in [4.69, 9.17) is 11.6 Å². The summed E-state index contributed by atoms with van der Waals surface area (Å²) in [6, 6.07) is 4.47. The van der Waals surface area contributed by atoms with Gasteiger partial charge in [-0.15, -0.1) is 0 Å². The van der Waals surface area contributed by atoms with E-state index in [2.05, 4.69) is 18.7 Å². The van der Waals surface area contributed by atoms with Crippen LogP contribution in [0.4, 0.5) is 4.39 Å². The number of hydrogen-bond acceptors (Lipinski definition) is 3. The summed E-state index contributed by atoms with van der Waals surface area (Å²) in [6.07, 6.45) is 3.37. The van der Waals surface area contributed by atoms with Crippen LogP contribution in [0.25, 0.3) is 0 Å². The van der Waals surface area contributed by atoms with Gasteiger partial charge in [0.1, 0.15) is 5.82 Å². The summed E-state index contributed by atoms with van der Waals surface area (Å²) in [6.45, 7) is 9.25. The van der Waals surface area contributed by atoms with Gasteiger partial charge >= 0.3 is 0 Å². The first-order valence-electron chi connectivity index (χ1n) is 10.7. The molecule has 5 nitrogen and oxygen atoms in total. The number of halogens is 2. The van der Waals surface area contributed by atoms with Crippen molar-refractivity contribution in [1.82, 2.24) is 14.7 Å². The molecule has 0 saturated carbocycles. The number of piperazine rings is 1. The first-order valence-corrected chi connectivity index (χ1v) is 11.0. The molecule has 0 N–H and O–H groups in total. The highest BCUT2D eigenvalue weighted by molar-refractivity contribution is 6.31. The maximum Gasteiger partial charge on any atom is 0.222 e. The quantitative estimate of drug-likeness (QED) is 0.570. The SMILES string of the molecule is CCCN(CCC)C(=O)CCCC(=O)N1CCN(Cc2ccc(F)cc2Cl)CC1. The third-order valence-corrected chi connectivity index (χ3v) is 5.61. The zero-order chi connectivity index (χ0) is 21.2. The van der Waals surface area contributed by atoms with E-state index in [9.17, 15) is 14.0 Å². The monoisotopic (exact) mass is 425 g/mol. The Labute approximate surface area is 178 Å². The van der Waals surface area contributed by atoms with E-state index in [-0.39, 0.29) is 17.6 Å². The van der Waals surface area contributed by atoms with Crippen LogP contribution in [0.5, 0.6) is 0 Å². The van der Waals surface area contributed by atoms with Crippen LogP contribution in [0.15, 0.2) is 18.2 Å². The number of amides is 2. The third kappa shape index (κ3) is 7.59. The summed E-state index contributed by atoms with van der Waals surface area (Å²) < 4.78 is 13.2. The molecule has 2 amide bonds. The van der Waals surface area contributed by atoms with E-state index in [0.29, 0.717) is 43.9 Å². The molecule has 2 rings (SSSR count). The van der Waals surface area contributed by atoms with Crippen molar-refractivity contribution < 1.29 is 14.0 Å². The zero-order valence-electron chi connectivity index (χ0n) is 17.6. The van der Waals surface area contributed by atoms with Crippen LogP contribution >= 0.6 is 11.6 Å². The molecule has 1 aliphatic heterocycles. The van der Waals surface area contributed by atoms with E-state index in [1.807, 2.05) is 9.80 Å². The summed E-state index contributed by atoms with van der Waals surface area (Å²) in [4.78, 5) is 30.8. The first kappa shape index (κ1) is 23.6. The molecule has 1 aliphatic rings. The Morgan fingerprint density at radius 1 is 1.07 bits per heavy atom. The van der Waals surface area contributed by atoms with E-state index in [1.165, 1.54) is 12.1 Å². The summed E-state index contributed by atoms with van der Waals surface area (Å²) >= 11 is 6.11. The van der Waals surface area contributed by atoms with Crippen molar-refractivity contribution in [3.63, 3.8) is 0 Å². The van der Waals surface area contributed by atoms with Gasteiger partial charge in [0.25, 0.3) is 0 Å². The Balaban J connectivity index is 1.70. The van der Waals surface area contributed by atoms with Gasteiger partial charge in [0.05, 0.1) is 0 Å². The zero-order valence-corrected chi connectivity index (χ0v) is 18.4. The van der Waals surface area contributed by atoms with Gasteiger partial charge in [-0.2, -0.15) is 0 Å². The Kier molecular flexibility index (Phi) is 9.88. The molecule has 0 aliphatic carbocycles. The van der Waals surface area contributed by atoms with Gasteiger partial charge in [-0.05, 0) is 37.0 Å². The Morgan fingerprint density at radius 3 is 2.31 bits per heavy atom. The van der Waals surface area contributed by atoms with Gasteiger partial charge in [-0.1, -0.05) is 31.5 Å². The lowest BCUT2D eigenvalue weighted by molar-refractivity contribution is -0.134. The van der Waals surface area contributed by atoms with E-state index < -0.39 is 0 Å². The highest BCUT2D eigenvalue weighted by atomic mass is 35.5. The summed E-state index contributed by atoms with van der Waals surface area (Å²) in [7, 11) is 0. The molecule has 1 fully saturated rings. The largest absolute Gasteiger partial charge is 0.343 e. The van der Waals surface area contributed by atoms with Crippen molar-refractivity contribution >= 4 is 23.4 Å². The van der Waals surface area contributed by atoms with Crippen LogP contribution in [0.3, 0.4) is 0 Å². The molecule has 7 heteroatoms. The highest BCUT2D eigenvalue weighted by Crippen LogP contribution is 2.20. The van der Waals surface area contributed by atoms with Crippen LogP contribution in [0.1, 0.15) is 51.5 Å². The van der Waals surface area contributed by atoms with Gasteiger partial charge in [0.2, 0.25) is 11.8 Å². The minimum atomic E-state index is -0.333. The van der Waals surface area contributed by atoms with Crippen LogP contribution in [0.2, 0.25) is 5.02 Å². The van der Waals surface area contributed by atoms with Crippen LogP contribution < -0.4 is 0 Å². The number of carbonyl (C=O) groups is 2. The molecule has 0 spiro atoms. The topological polar surface area (TPSA) is 43.9 Å². The summed E-state index contributed by atoms with van der Waals surface area (Å²) in [5, 5.41) is 0.438. The third-order valence-electron chi connectivity index (χ3n) is 5.26. The van der Waals surface area contributed by atoms with Crippen molar-refractivity contribution in [2.24, 2.45) is 0 Å². The lowest BCUT2D eigenvalue weighted by atomic mass is 10.1. The number of hydrogen-bond donors (Lipinski definition) is 0. The molecule has 0 aromatic heterocycles. The Morgan fingerprint density at radius 2 is 1.72 bits per heavy atom. The van der Waals surface area contributed by atoms with Crippen molar-refractivity contribution in [2.45, 2.75) is 52.5 Å². The average Bonchev–Trinajstić information content (AvgIpc) is 2.70. The van der Waals surface area contributed by atoms with Crippen molar-refractivity contribution in [2.75, 3.05) is 39.3 Å². The standard InChI is InChI=1S/C22H33ClFN3O2/c1-3-10-26(11-4-2)21(28)6-5-7-22(29)27-14-12-25(13-15-27)17-18-8-9-19(24)16-20(18)23/h8-9,16H,3-7,10-15,17H2,1-2H3. The number of benzene rings is 1. The summed E-state index contributed by atoms with van der Waals surface area (Å²) in [5.41, 5.74) is 0.898. The predicted octanol–water partition coefficient (Wildman–Crippen LogP) is 3.94. The smallest absolute Gasteiger partial charge is 0.222 e. The second kappa shape index (κ2) is 12.1. The number of rotatable bonds is 10. The predicted molar refractivity (Wildman–Crippen MR) is 114 cm³/mol. The van der Waals surface area contributed by atoms with Crippen molar-refractivity contribution in [3.8, 4) is 0 Å². The fraction of sp³-hybridized carbons (Fsp3) is 0.636. The maximum atomic E-state index is 13.2. The normalized spacial score (nSPS) is 14.8. The van der Waals surface area contributed by atoms with Gasteiger partial charge in [-0.25, -0.2) is 4.39 Å². The molecule has 0 unspecified atom stereocenters. The molecule has 1 heterocycles. The van der Waals surface area contributed by atoms with Gasteiger partial charge in [0.15, 0.2) is 0 Å². The molecule has 1 saturated heterocycles. The Hall–Kier alpha value is -1.66. The maximum absolute atomic E-state index is 13.2. The molecular formula is C22H33ClFN3O2. The van der Waals surface area contributed by atoms with E-state index in [0.717, 1.165) is 44.6 Å². The summed E-state index contributed by atoms with van der Waals surface area (Å²) in [5.74, 6) is -0.0579. The van der Waals surface area contributed by atoms with Crippen molar-refractivity contribution in [1.29, 1.82) is 0 Å². The van der Waals surface area contributed by atoms with E-state index in [1.54, 1.807) is 6.07 Å². The second-order valence-corrected chi connectivity index (χ2v) is 8.03. The number of carbonyl (C=O) groups excluding carboxylic acids is 2. The van der Waals surface area contributed by atoms with Gasteiger partial charge < -0.3 is 9.80 Å². The molecule has 29 heavy (non-hydrogen) atoms. The molecule has 162 valence electrons. The highest BCUT2D eigenvalue weighted by Gasteiger charge is 2.22. The lowest BCUT2D eigenvalue weighted by Crippen LogP contribution is -2.48. The molecule has 1 aromatic rings. The second-order valence-electron chi connectivity index (χ2n) is 7.63.